The molecule has 0 saturated heterocycles. The van der Waals surface area contributed by atoms with Crippen molar-refractivity contribution in [3.8, 4) is 0 Å². The topological polar surface area (TPSA) is 105 Å². The first kappa shape index (κ1) is 12.7. The number of rotatable bonds is 4. The zero-order valence-electron chi connectivity index (χ0n) is 9.87. The molecule has 98 valence electrons. The number of H-pyrrole nitrogens is 1. The third kappa shape index (κ3) is 2.95. The minimum atomic E-state index is -1.36. The Morgan fingerprint density at radius 2 is 2.00 bits per heavy atom. The average Bonchev–Trinajstić information content (AvgIpc) is 2.38. The van der Waals surface area contributed by atoms with Crippen LogP contribution < -0.4 is 11.2 Å². The van der Waals surface area contributed by atoms with Gasteiger partial charge in [0.1, 0.15) is 5.56 Å². The van der Waals surface area contributed by atoms with Crippen LogP contribution in [0, 0.1) is 0 Å². The Balaban J connectivity index is 2.26. The van der Waals surface area contributed by atoms with Gasteiger partial charge < -0.3 is 5.11 Å². The summed E-state index contributed by atoms with van der Waals surface area (Å²) in [6.45, 7) is 0.278. The van der Waals surface area contributed by atoms with Gasteiger partial charge >= 0.3 is 11.7 Å². The highest BCUT2D eigenvalue weighted by Gasteiger charge is 2.11. The zero-order valence-corrected chi connectivity index (χ0v) is 9.87. The molecule has 0 spiro atoms. The third-order valence-electron chi connectivity index (χ3n) is 2.63. The Morgan fingerprint density at radius 1 is 1.32 bits per heavy atom. The van der Waals surface area contributed by atoms with Gasteiger partial charge in [0.25, 0.3) is 5.56 Å². The van der Waals surface area contributed by atoms with Crippen LogP contribution in [0.15, 0.2) is 40.3 Å². The minimum absolute atomic E-state index is 0.278. The van der Waals surface area contributed by atoms with Gasteiger partial charge in [-0.1, -0.05) is 0 Å². The van der Waals surface area contributed by atoms with Crippen molar-refractivity contribution in [2.45, 2.75) is 13.0 Å². The molecule has 19 heavy (non-hydrogen) atoms. The fourth-order valence-electron chi connectivity index (χ4n) is 1.63. The zero-order chi connectivity index (χ0) is 13.8. The van der Waals surface area contributed by atoms with E-state index in [1.807, 2.05) is 4.98 Å². The molecule has 0 bridgehead atoms. The molecule has 2 heterocycles. The van der Waals surface area contributed by atoms with E-state index >= 15 is 0 Å². The van der Waals surface area contributed by atoms with Crippen molar-refractivity contribution >= 4 is 5.97 Å². The fourth-order valence-corrected chi connectivity index (χ4v) is 1.63. The number of pyridine rings is 1. The largest absolute Gasteiger partial charge is 0.477 e. The van der Waals surface area contributed by atoms with Crippen molar-refractivity contribution in [2.75, 3.05) is 0 Å². The molecular weight excluding hydrogens is 250 g/mol. The molecule has 2 aromatic heterocycles. The van der Waals surface area contributed by atoms with E-state index in [2.05, 4.69) is 4.98 Å². The van der Waals surface area contributed by atoms with E-state index in [1.165, 1.54) is 4.57 Å². The number of carboxylic acids is 1. The van der Waals surface area contributed by atoms with E-state index in [-0.39, 0.29) is 6.54 Å². The Morgan fingerprint density at radius 3 is 2.63 bits per heavy atom. The fraction of sp³-hybridized carbons (Fsp3) is 0.167. The number of carboxylic acid groups (broad SMARTS) is 1. The van der Waals surface area contributed by atoms with Crippen LogP contribution in [-0.4, -0.2) is 25.6 Å². The highest BCUT2D eigenvalue weighted by atomic mass is 16.4. The number of nitrogens with zero attached hydrogens (tertiary/aromatic N) is 2. The molecule has 7 nitrogen and oxygen atoms in total. The normalized spacial score (nSPS) is 10.3. The maximum absolute atomic E-state index is 11.5. The third-order valence-corrected chi connectivity index (χ3v) is 2.63. The molecule has 0 aliphatic rings. The van der Waals surface area contributed by atoms with Crippen LogP contribution in [0.4, 0.5) is 0 Å². The molecule has 0 aliphatic carbocycles. The number of hydrogen-bond acceptors (Lipinski definition) is 4. The highest BCUT2D eigenvalue weighted by Crippen LogP contribution is 1.99. The van der Waals surface area contributed by atoms with E-state index in [4.69, 9.17) is 5.11 Å². The smallest absolute Gasteiger partial charge is 0.342 e. The van der Waals surface area contributed by atoms with E-state index < -0.39 is 22.8 Å². The van der Waals surface area contributed by atoms with Crippen LogP contribution in [0.3, 0.4) is 0 Å². The molecule has 7 heteroatoms. The number of aromatic amines is 1. The lowest BCUT2D eigenvalue weighted by Crippen LogP contribution is -2.33. The van der Waals surface area contributed by atoms with Gasteiger partial charge in [-0.3, -0.25) is 19.3 Å². The predicted octanol–water partition coefficient (Wildman–Crippen LogP) is -0.127. The molecule has 2 N–H and O–H groups in total. The summed E-state index contributed by atoms with van der Waals surface area (Å²) >= 11 is 0. The van der Waals surface area contributed by atoms with E-state index in [1.54, 1.807) is 24.5 Å². The molecule has 2 rings (SSSR count). The van der Waals surface area contributed by atoms with Gasteiger partial charge in [-0.2, -0.15) is 0 Å². The molecule has 0 aliphatic heterocycles. The number of aryl methyl sites for hydroxylation is 2. The van der Waals surface area contributed by atoms with Crippen LogP contribution in [0.5, 0.6) is 0 Å². The lowest BCUT2D eigenvalue weighted by molar-refractivity contribution is 0.0693. The van der Waals surface area contributed by atoms with Gasteiger partial charge in [-0.05, 0) is 24.1 Å². The number of carbonyl (C=O) groups is 1. The van der Waals surface area contributed by atoms with Crippen LogP contribution in [0.1, 0.15) is 15.9 Å². The van der Waals surface area contributed by atoms with Crippen molar-refractivity contribution < 1.29 is 9.90 Å². The monoisotopic (exact) mass is 261 g/mol. The second kappa shape index (κ2) is 5.30. The Labute approximate surface area is 107 Å². The Hall–Kier alpha value is -2.70. The first-order valence-corrected chi connectivity index (χ1v) is 5.54. The van der Waals surface area contributed by atoms with Gasteiger partial charge in [0.15, 0.2) is 0 Å². The van der Waals surface area contributed by atoms with Crippen molar-refractivity contribution in [3.63, 3.8) is 0 Å². The molecule has 0 saturated carbocycles. The summed E-state index contributed by atoms with van der Waals surface area (Å²) < 4.78 is 1.17. The number of hydrogen-bond donors (Lipinski definition) is 2. The van der Waals surface area contributed by atoms with Crippen molar-refractivity contribution in [2.24, 2.45) is 0 Å². The second-order valence-corrected chi connectivity index (χ2v) is 3.91. The second-order valence-electron chi connectivity index (χ2n) is 3.91. The predicted molar refractivity (Wildman–Crippen MR) is 66.2 cm³/mol. The molecule has 0 radical (unpaired) electrons. The minimum Gasteiger partial charge on any atom is -0.477 e. The molecular formula is C12H11N3O4. The SMILES string of the molecule is O=C(O)c1cn(CCc2ccncc2)c(=O)[nH]c1=O. The van der Waals surface area contributed by atoms with Crippen LogP contribution >= 0.6 is 0 Å². The summed E-state index contributed by atoms with van der Waals surface area (Å²) in [5, 5.41) is 8.82. The summed E-state index contributed by atoms with van der Waals surface area (Å²) in [7, 11) is 0. The summed E-state index contributed by atoms with van der Waals surface area (Å²) in [4.78, 5) is 39.5. The summed E-state index contributed by atoms with van der Waals surface area (Å²) in [6, 6.07) is 3.60. The average molecular weight is 261 g/mol. The molecule has 0 aromatic carbocycles. The number of aromatic nitrogens is 3. The summed E-state index contributed by atoms with van der Waals surface area (Å²) in [5.74, 6) is -1.36. The van der Waals surface area contributed by atoms with Crippen LogP contribution in [-0.2, 0) is 13.0 Å². The molecule has 0 unspecified atom stereocenters. The maximum Gasteiger partial charge on any atom is 0.342 e. The van der Waals surface area contributed by atoms with Crippen LogP contribution in [0.25, 0.3) is 0 Å². The van der Waals surface area contributed by atoms with Gasteiger partial charge in [0.2, 0.25) is 0 Å². The molecule has 2 aromatic rings. The molecule has 0 fully saturated rings. The van der Waals surface area contributed by atoms with Crippen molar-refractivity contribution in [3.05, 3.63) is 62.7 Å². The van der Waals surface area contributed by atoms with E-state index in [9.17, 15) is 14.4 Å². The maximum atomic E-state index is 11.5. The van der Waals surface area contributed by atoms with Gasteiger partial charge in [-0.15, -0.1) is 0 Å². The van der Waals surface area contributed by atoms with Crippen molar-refractivity contribution in [1.29, 1.82) is 0 Å². The lowest BCUT2D eigenvalue weighted by atomic mass is 10.2. The standard InChI is InChI=1S/C12H11N3O4/c16-10-9(11(17)18)7-15(12(19)14-10)6-3-8-1-4-13-5-2-8/h1-2,4-5,7H,3,6H2,(H,17,18)(H,14,16,19). The lowest BCUT2D eigenvalue weighted by Gasteiger charge is -2.05. The molecule has 0 atom stereocenters. The van der Waals surface area contributed by atoms with E-state index in [0.717, 1.165) is 11.8 Å². The van der Waals surface area contributed by atoms with Gasteiger partial charge in [-0.25, -0.2) is 9.59 Å². The van der Waals surface area contributed by atoms with Crippen LogP contribution in [0.2, 0.25) is 0 Å². The Bertz CT molecular complexity index is 703. The highest BCUT2D eigenvalue weighted by molar-refractivity contribution is 5.86. The van der Waals surface area contributed by atoms with Gasteiger partial charge in [0, 0.05) is 25.1 Å². The summed E-state index contributed by atoms with van der Waals surface area (Å²) in [5.41, 5.74) is -0.999. The molecule has 0 amide bonds. The Kier molecular flexibility index (Phi) is 3.56. The first-order chi connectivity index (χ1) is 9.08. The van der Waals surface area contributed by atoms with E-state index in [0.29, 0.717) is 6.42 Å². The quantitative estimate of drug-likeness (QED) is 0.797. The first-order valence-electron chi connectivity index (χ1n) is 5.54. The summed E-state index contributed by atoms with van der Waals surface area (Å²) in [6.07, 6.45) is 4.86. The number of aromatic carboxylic acids is 1. The number of nitrogens with one attached hydrogen (secondary N) is 1. The van der Waals surface area contributed by atoms with Gasteiger partial charge in [0.05, 0.1) is 0 Å². The van der Waals surface area contributed by atoms with Crippen molar-refractivity contribution in [1.82, 2.24) is 14.5 Å².